The molecule has 0 unspecified atom stereocenters. The number of aromatic nitrogens is 1. The number of carbonyl (C=O) groups is 1. The van der Waals surface area contributed by atoms with E-state index < -0.39 is 0 Å². The van der Waals surface area contributed by atoms with E-state index in [9.17, 15) is 4.79 Å². The number of hydrogen-bond donors (Lipinski definition) is 1. The highest BCUT2D eigenvalue weighted by atomic mass is 32.1. The first-order valence-electron chi connectivity index (χ1n) is 7.73. The first-order valence-corrected chi connectivity index (χ1v) is 8.61. The van der Waals surface area contributed by atoms with Crippen molar-refractivity contribution in [1.29, 1.82) is 0 Å². The largest absolute Gasteiger partial charge is 0.349 e. The standard InChI is InChI=1S/C17H21N3OS/c1-13-6-4-7-14(19-13)17(21)18-12-15(16-8-5-11-22-16)20-9-2-3-10-20/h4-8,11,15H,2-3,9-10,12H2,1H3,(H,18,21)/t15-/m0/s1. The quantitative estimate of drug-likeness (QED) is 0.922. The van der Waals surface area contributed by atoms with Crippen molar-refractivity contribution < 1.29 is 4.79 Å². The molecule has 0 radical (unpaired) electrons. The number of hydrogen-bond acceptors (Lipinski definition) is 4. The smallest absolute Gasteiger partial charge is 0.269 e. The molecule has 116 valence electrons. The van der Waals surface area contributed by atoms with Crippen LogP contribution >= 0.6 is 11.3 Å². The van der Waals surface area contributed by atoms with Crippen LogP contribution < -0.4 is 5.32 Å². The van der Waals surface area contributed by atoms with Crippen LogP contribution in [0.1, 0.15) is 39.9 Å². The third kappa shape index (κ3) is 3.54. The highest BCUT2D eigenvalue weighted by molar-refractivity contribution is 7.10. The van der Waals surface area contributed by atoms with Gasteiger partial charge < -0.3 is 5.32 Å². The maximum Gasteiger partial charge on any atom is 0.269 e. The fraction of sp³-hybridized carbons (Fsp3) is 0.412. The summed E-state index contributed by atoms with van der Waals surface area (Å²) in [6.45, 7) is 4.76. The Balaban J connectivity index is 1.67. The van der Waals surface area contributed by atoms with Crippen molar-refractivity contribution in [1.82, 2.24) is 15.2 Å². The molecule has 1 aliphatic heterocycles. The van der Waals surface area contributed by atoms with E-state index in [1.54, 1.807) is 17.4 Å². The molecule has 3 rings (SSSR count). The number of carbonyl (C=O) groups excluding carboxylic acids is 1. The molecule has 22 heavy (non-hydrogen) atoms. The van der Waals surface area contributed by atoms with Crippen molar-refractivity contribution in [2.24, 2.45) is 0 Å². The summed E-state index contributed by atoms with van der Waals surface area (Å²) >= 11 is 1.76. The SMILES string of the molecule is Cc1cccc(C(=O)NC[C@@H](c2cccs2)N2CCCC2)n1. The third-order valence-electron chi connectivity index (χ3n) is 4.03. The summed E-state index contributed by atoms with van der Waals surface area (Å²) in [6, 6.07) is 10.0. The molecule has 1 fully saturated rings. The van der Waals surface area contributed by atoms with E-state index in [0.29, 0.717) is 12.2 Å². The van der Waals surface area contributed by atoms with Gasteiger partial charge in [-0.2, -0.15) is 0 Å². The molecular formula is C17H21N3OS. The maximum atomic E-state index is 12.3. The predicted octanol–water partition coefficient (Wildman–Crippen LogP) is 3.02. The van der Waals surface area contributed by atoms with E-state index in [4.69, 9.17) is 0 Å². The Labute approximate surface area is 135 Å². The molecule has 4 nitrogen and oxygen atoms in total. The fourth-order valence-corrected chi connectivity index (χ4v) is 3.75. The van der Waals surface area contributed by atoms with Gasteiger partial charge in [0, 0.05) is 17.1 Å². The zero-order valence-electron chi connectivity index (χ0n) is 12.8. The van der Waals surface area contributed by atoms with Crippen LogP contribution in [0.2, 0.25) is 0 Å². The normalized spacial score (nSPS) is 16.6. The van der Waals surface area contributed by atoms with E-state index in [1.807, 2.05) is 19.1 Å². The molecule has 2 aromatic heterocycles. The number of pyridine rings is 1. The number of aryl methyl sites for hydroxylation is 1. The van der Waals surface area contributed by atoms with E-state index >= 15 is 0 Å². The van der Waals surface area contributed by atoms with Gasteiger partial charge in [0.05, 0.1) is 6.04 Å². The Hall–Kier alpha value is -1.72. The summed E-state index contributed by atoms with van der Waals surface area (Å²) < 4.78 is 0. The van der Waals surface area contributed by atoms with Gasteiger partial charge in [0.1, 0.15) is 5.69 Å². The minimum atomic E-state index is -0.0931. The average Bonchev–Trinajstić information content (AvgIpc) is 3.21. The lowest BCUT2D eigenvalue weighted by molar-refractivity contribution is 0.0933. The summed E-state index contributed by atoms with van der Waals surface area (Å²) in [6.07, 6.45) is 2.49. The second-order valence-corrected chi connectivity index (χ2v) is 6.63. The van der Waals surface area contributed by atoms with E-state index in [-0.39, 0.29) is 11.9 Å². The van der Waals surface area contributed by atoms with Crippen molar-refractivity contribution in [2.45, 2.75) is 25.8 Å². The van der Waals surface area contributed by atoms with Crippen molar-refractivity contribution in [3.8, 4) is 0 Å². The lowest BCUT2D eigenvalue weighted by atomic mass is 10.2. The zero-order valence-corrected chi connectivity index (χ0v) is 13.6. The molecule has 1 amide bonds. The monoisotopic (exact) mass is 315 g/mol. The minimum Gasteiger partial charge on any atom is -0.349 e. The molecule has 1 atom stereocenters. The van der Waals surface area contributed by atoms with Crippen molar-refractivity contribution >= 4 is 17.2 Å². The van der Waals surface area contributed by atoms with Crippen LogP contribution in [0.25, 0.3) is 0 Å². The van der Waals surface area contributed by atoms with Crippen LogP contribution in [0.15, 0.2) is 35.7 Å². The molecule has 0 aliphatic carbocycles. The summed E-state index contributed by atoms with van der Waals surface area (Å²) in [5.41, 5.74) is 1.35. The molecule has 0 saturated carbocycles. The highest BCUT2D eigenvalue weighted by Crippen LogP contribution is 2.27. The van der Waals surface area contributed by atoms with Crippen LogP contribution in [0.5, 0.6) is 0 Å². The first kappa shape index (κ1) is 15.2. The van der Waals surface area contributed by atoms with Gasteiger partial charge in [-0.15, -0.1) is 11.3 Å². The molecular weight excluding hydrogens is 294 g/mol. The molecule has 2 aromatic rings. The van der Waals surface area contributed by atoms with Crippen molar-refractivity contribution in [3.05, 3.63) is 52.0 Å². The number of likely N-dealkylation sites (tertiary alicyclic amines) is 1. The van der Waals surface area contributed by atoms with Crippen LogP contribution in [0.4, 0.5) is 0 Å². The van der Waals surface area contributed by atoms with Gasteiger partial charge in [0.15, 0.2) is 0 Å². The Morgan fingerprint density at radius 1 is 1.32 bits per heavy atom. The van der Waals surface area contributed by atoms with Crippen LogP contribution in [-0.2, 0) is 0 Å². The molecule has 1 aliphatic rings. The lowest BCUT2D eigenvalue weighted by Crippen LogP contribution is -2.36. The molecule has 3 heterocycles. The van der Waals surface area contributed by atoms with Gasteiger partial charge in [-0.05, 0) is 56.4 Å². The Kier molecular flexibility index (Phi) is 4.85. The van der Waals surface area contributed by atoms with Gasteiger partial charge in [0.2, 0.25) is 0 Å². The number of thiophene rings is 1. The Bertz CT molecular complexity index is 621. The van der Waals surface area contributed by atoms with Gasteiger partial charge in [-0.3, -0.25) is 9.69 Å². The fourth-order valence-electron chi connectivity index (χ4n) is 2.89. The lowest BCUT2D eigenvalue weighted by Gasteiger charge is -2.26. The maximum absolute atomic E-state index is 12.3. The summed E-state index contributed by atoms with van der Waals surface area (Å²) in [5, 5.41) is 5.15. The summed E-state index contributed by atoms with van der Waals surface area (Å²) in [5.74, 6) is -0.0931. The zero-order chi connectivity index (χ0) is 15.4. The molecule has 5 heteroatoms. The molecule has 1 saturated heterocycles. The van der Waals surface area contributed by atoms with Crippen LogP contribution in [0.3, 0.4) is 0 Å². The number of rotatable bonds is 5. The van der Waals surface area contributed by atoms with Crippen LogP contribution in [-0.4, -0.2) is 35.4 Å². The first-order chi connectivity index (χ1) is 10.7. The molecule has 0 spiro atoms. The molecule has 1 N–H and O–H groups in total. The molecule has 0 bridgehead atoms. The van der Waals surface area contributed by atoms with Gasteiger partial charge in [-0.1, -0.05) is 12.1 Å². The Morgan fingerprint density at radius 3 is 2.82 bits per heavy atom. The predicted molar refractivity (Wildman–Crippen MR) is 89.2 cm³/mol. The summed E-state index contributed by atoms with van der Waals surface area (Å²) in [7, 11) is 0. The summed E-state index contributed by atoms with van der Waals surface area (Å²) in [4.78, 5) is 20.4. The number of nitrogens with zero attached hydrogens (tertiary/aromatic N) is 2. The van der Waals surface area contributed by atoms with E-state index in [2.05, 4.69) is 32.7 Å². The topological polar surface area (TPSA) is 45.2 Å². The van der Waals surface area contributed by atoms with Gasteiger partial charge >= 0.3 is 0 Å². The van der Waals surface area contributed by atoms with E-state index in [1.165, 1.54) is 17.7 Å². The van der Waals surface area contributed by atoms with Gasteiger partial charge in [0.25, 0.3) is 5.91 Å². The van der Waals surface area contributed by atoms with Crippen molar-refractivity contribution in [2.75, 3.05) is 19.6 Å². The van der Waals surface area contributed by atoms with E-state index in [0.717, 1.165) is 18.8 Å². The Morgan fingerprint density at radius 2 is 2.14 bits per heavy atom. The second kappa shape index (κ2) is 7.03. The van der Waals surface area contributed by atoms with Crippen LogP contribution in [0, 0.1) is 6.92 Å². The third-order valence-corrected chi connectivity index (χ3v) is 5.00. The molecule has 0 aromatic carbocycles. The highest BCUT2D eigenvalue weighted by Gasteiger charge is 2.24. The second-order valence-electron chi connectivity index (χ2n) is 5.65. The van der Waals surface area contributed by atoms with Crippen molar-refractivity contribution in [3.63, 3.8) is 0 Å². The van der Waals surface area contributed by atoms with Gasteiger partial charge in [-0.25, -0.2) is 4.98 Å². The number of amides is 1. The minimum absolute atomic E-state index is 0.0931. The average molecular weight is 315 g/mol. The number of nitrogens with one attached hydrogen (secondary N) is 1.